The van der Waals surface area contributed by atoms with Crippen LogP contribution in [0.25, 0.3) is 0 Å². The molecule has 0 saturated heterocycles. The third-order valence-electron chi connectivity index (χ3n) is 1.87. The highest BCUT2D eigenvalue weighted by molar-refractivity contribution is 4.93. The highest BCUT2D eigenvalue weighted by Crippen LogP contribution is 2.19. The second-order valence-electron chi connectivity index (χ2n) is 4.40. The molecule has 0 aromatic rings. The van der Waals surface area contributed by atoms with E-state index in [0.29, 0.717) is 6.04 Å². The number of allylic oxidation sites excluding steroid dienone is 1. The van der Waals surface area contributed by atoms with Gasteiger partial charge in [0.2, 0.25) is 0 Å². The van der Waals surface area contributed by atoms with E-state index in [0.717, 1.165) is 12.2 Å². The summed E-state index contributed by atoms with van der Waals surface area (Å²) < 4.78 is 0. The standard InChI is InChI=1S/C10H22N2.C2H6/c1-8(2)12-9(7-11-6)10(3,4)5;1-2/h9,11-12H,1,7H2,2-6H3;1-2H3. The minimum atomic E-state index is 0.266. The molecule has 0 aliphatic heterocycles. The zero-order valence-corrected chi connectivity index (χ0v) is 11.0. The van der Waals surface area contributed by atoms with Crippen molar-refractivity contribution in [3.8, 4) is 0 Å². The van der Waals surface area contributed by atoms with E-state index in [2.05, 4.69) is 38.0 Å². The van der Waals surface area contributed by atoms with Gasteiger partial charge in [-0.2, -0.15) is 0 Å². The fraction of sp³-hybridized carbons (Fsp3) is 0.833. The Labute approximate surface area is 90.2 Å². The van der Waals surface area contributed by atoms with Crippen molar-refractivity contribution in [3.63, 3.8) is 0 Å². The summed E-state index contributed by atoms with van der Waals surface area (Å²) in [6.45, 7) is 17.5. The molecule has 0 radical (unpaired) electrons. The quantitative estimate of drug-likeness (QED) is 0.729. The van der Waals surface area contributed by atoms with Crippen LogP contribution in [0.15, 0.2) is 12.3 Å². The number of hydrogen-bond donors (Lipinski definition) is 2. The van der Waals surface area contributed by atoms with Gasteiger partial charge < -0.3 is 10.6 Å². The van der Waals surface area contributed by atoms with Crippen LogP contribution in [-0.2, 0) is 0 Å². The van der Waals surface area contributed by atoms with Gasteiger partial charge in [-0.05, 0) is 19.4 Å². The summed E-state index contributed by atoms with van der Waals surface area (Å²) in [5, 5.41) is 6.54. The second kappa shape index (κ2) is 7.86. The number of nitrogens with one attached hydrogen (secondary N) is 2. The summed E-state index contributed by atoms with van der Waals surface area (Å²) in [4.78, 5) is 0. The van der Waals surface area contributed by atoms with Crippen LogP contribution >= 0.6 is 0 Å². The van der Waals surface area contributed by atoms with E-state index in [4.69, 9.17) is 0 Å². The smallest absolute Gasteiger partial charge is 0.0430 e. The second-order valence-corrected chi connectivity index (χ2v) is 4.40. The van der Waals surface area contributed by atoms with Crippen LogP contribution in [-0.4, -0.2) is 19.6 Å². The predicted molar refractivity (Wildman–Crippen MR) is 66.5 cm³/mol. The molecule has 86 valence electrons. The van der Waals surface area contributed by atoms with E-state index in [-0.39, 0.29) is 5.41 Å². The van der Waals surface area contributed by atoms with Gasteiger partial charge in [0.05, 0.1) is 0 Å². The first kappa shape index (κ1) is 15.9. The van der Waals surface area contributed by atoms with Gasteiger partial charge in [0.15, 0.2) is 0 Å². The maximum Gasteiger partial charge on any atom is 0.0430 e. The molecule has 0 aromatic carbocycles. The molecule has 0 aliphatic carbocycles. The van der Waals surface area contributed by atoms with Crippen molar-refractivity contribution >= 4 is 0 Å². The summed E-state index contributed by atoms with van der Waals surface area (Å²) in [6, 6.07) is 0.444. The first-order valence-corrected chi connectivity index (χ1v) is 5.44. The van der Waals surface area contributed by atoms with Crippen LogP contribution in [0.5, 0.6) is 0 Å². The van der Waals surface area contributed by atoms with Crippen molar-refractivity contribution in [2.24, 2.45) is 5.41 Å². The molecule has 0 amide bonds. The van der Waals surface area contributed by atoms with Crippen molar-refractivity contribution < 1.29 is 0 Å². The van der Waals surface area contributed by atoms with E-state index in [1.165, 1.54) is 0 Å². The molecule has 1 atom stereocenters. The summed E-state index contributed by atoms with van der Waals surface area (Å²) in [6.07, 6.45) is 0. The highest BCUT2D eigenvalue weighted by Gasteiger charge is 2.22. The van der Waals surface area contributed by atoms with Crippen LogP contribution in [0.4, 0.5) is 0 Å². The summed E-state index contributed by atoms with van der Waals surface area (Å²) in [5.41, 5.74) is 1.30. The molecule has 0 saturated carbocycles. The fourth-order valence-corrected chi connectivity index (χ4v) is 1.08. The molecule has 0 fully saturated rings. The van der Waals surface area contributed by atoms with Gasteiger partial charge in [-0.3, -0.25) is 0 Å². The third kappa shape index (κ3) is 8.11. The van der Waals surface area contributed by atoms with E-state index < -0.39 is 0 Å². The Morgan fingerprint density at radius 2 is 1.71 bits per heavy atom. The zero-order chi connectivity index (χ0) is 11.8. The maximum atomic E-state index is 3.85. The topological polar surface area (TPSA) is 24.1 Å². The Morgan fingerprint density at radius 1 is 1.29 bits per heavy atom. The molecule has 2 nitrogen and oxygen atoms in total. The number of rotatable bonds is 4. The third-order valence-corrected chi connectivity index (χ3v) is 1.87. The van der Waals surface area contributed by atoms with E-state index in [9.17, 15) is 0 Å². The Kier molecular flexibility index (Phi) is 8.96. The maximum absolute atomic E-state index is 3.85. The molecular weight excluding hydrogens is 172 g/mol. The van der Waals surface area contributed by atoms with Crippen LogP contribution in [0.2, 0.25) is 0 Å². The molecule has 0 bridgehead atoms. The monoisotopic (exact) mass is 200 g/mol. The van der Waals surface area contributed by atoms with Crippen LogP contribution in [0.3, 0.4) is 0 Å². The zero-order valence-electron chi connectivity index (χ0n) is 11.0. The van der Waals surface area contributed by atoms with E-state index in [1.54, 1.807) is 0 Å². The lowest BCUT2D eigenvalue weighted by molar-refractivity contribution is 0.279. The first-order chi connectivity index (χ1) is 6.38. The first-order valence-electron chi connectivity index (χ1n) is 5.44. The summed E-state index contributed by atoms with van der Waals surface area (Å²) >= 11 is 0. The van der Waals surface area contributed by atoms with Crippen molar-refractivity contribution in [3.05, 3.63) is 12.3 Å². The molecule has 2 N–H and O–H groups in total. The fourth-order valence-electron chi connectivity index (χ4n) is 1.08. The molecule has 0 aromatic heterocycles. The van der Waals surface area contributed by atoms with Crippen molar-refractivity contribution in [2.75, 3.05) is 13.6 Å². The Morgan fingerprint density at radius 3 is 1.93 bits per heavy atom. The molecular formula is C12H28N2. The van der Waals surface area contributed by atoms with Gasteiger partial charge in [-0.15, -0.1) is 0 Å². The highest BCUT2D eigenvalue weighted by atomic mass is 15.0. The molecule has 14 heavy (non-hydrogen) atoms. The lowest BCUT2D eigenvalue weighted by Gasteiger charge is -2.32. The molecule has 0 rings (SSSR count). The summed E-state index contributed by atoms with van der Waals surface area (Å²) in [5.74, 6) is 0. The van der Waals surface area contributed by atoms with E-state index in [1.807, 2.05) is 27.8 Å². The SMILES string of the molecule is C=C(C)NC(CNC)C(C)(C)C.CC. The van der Waals surface area contributed by atoms with Crippen LogP contribution < -0.4 is 10.6 Å². The molecule has 0 aliphatic rings. The van der Waals surface area contributed by atoms with E-state index >= 15 is 0 Å². The lowest BCUT2D eigenvalue weighted by Crippen LogP contribution is -2.45. The summed E-state index contributed by atoms with van der Waals surface area (Å²) in [7, 11) is 1.97. The average molecular weight is 200 g/mol. The lowest BCUT2D eigenvalue weighted by atomic mass is 9.86. The average Bonchev–Trinajstić information content (AvgIpc) is 2.05. The number of likely N-dealkylation sites (N-methyl/N-ethyl adjacent to an activating group) is 1. The van der Waals surface area contributed by atoms with Crippen LogP contribution in [0.1, 0.15) is 41.5 Å². The van der Waals surface area contributed by atoms with Crippen molar-refractivity contribution in [2.45, 2.75) is 47.6 Å². The van der Waals surface area contributed by atoms with Gasteiger partial charge in [-0.1, -0.05) is 41.2 Å². The minimum absolute atomic E-state index is 0.266. The Balaban J connectivity index is 0. The van der Waals surface area contributed by atoms with Crippen molar-refractivity contribution in [1.29, 1.82) is 0 Å². The number of hydrogen-bond acceptors (Lipinski definition) is 2. The molecule has 1 unspecified atom stereocenters. The van der Waals surface area contributed by atoms with Crippen molar-refractivity contribution in [1.82, 2.24) is 10.6 Å². The van der Waals surface area contributed by atoms with Gasteiger partial charge in [-0.25, -0.2) is 0 Å². The largest absolute Gasteiger partial charge is 0.385 e. The molecule has 2 heteroatoms. The van der Waals surface area contributed by atoms with Gasteiger partial charge in [0.25, 0.3) is 0 Å². The molecule has 0 spiro atoms. The minimum Gasteiger partial charge on any atom is -0.385 e. The molecule has 0 heterocycles. The Hall–Kier alpha value is -0.500. The van der Waals surface area contributed by atoms with Gasteiger partial charge in [0, 0.05) is 18.3 Å². The van der Waals surface area contributed by atoms with Crippen LogP contribution in [0, 0.1) is 5.41 Å². The predicted octanol–water partition coefficient (Wildman–Crippen LogP) is 2.77. The van der Waals surface area contributed by atoms with Gasteiger partial charge >= 0.3 is 0 Å². The normalized spacial score (nSPS) is 12.5. The Bertz CT molecular complexity index is 145. The van der Waals surface area contributed by atoms with Gasteiger partial charge in [0.1, 0.15) is 0 Å².